The van der Waals surface area contributed by atoms with Crippen LogP contribution in [0, 0.1) is 0 Å². The lowest BCUT2D eigenvalue weighted by Gasteiger charge is -2.09. The number of alkyl halides is 1. The van der Waals surface area contributed by atoms with Gasteiger partial charge in [0.05, 0.1) is 17.5 Å². The quantitative estimate of drug-likeness (QED) is 0.314. The maximum absolute atomic E-state index is 11.6. The van der Waals surface area contributed by atoms with Crippen LogP contribution in [0.25, 0.3) is 0 Å². The fourth-order valence-electron chi connectivity index (χ4n) is 1.47. The van der Waals surface area contributed by atoms with Crippen LogP contribution in [0.4, 0.5) is 0 Å². The first-order valence-corrected chi connectivity index (χ1v) is 6.83. The highest BCUT2D eigenvalue weighted by atomic mass is 79.9. The third-order valence-corrected chi connectivity index (χ3v) is 2.88. The Morgan fingerprint density at radius 1 is 1.35 bits per heavy atom. The molecule has 92 valence electrons. The number of hydrogen-bond acceptors (Lipinski definition) is 2. The van der Waals surface area contributed by atoms with Crippen LogP contribution in [-0.2, 0) is 0 Å². The average molecular weight is 297 g/mol. The monoisotopic (exact) mass is 296 g/mol. The maximum atomic E-state index is 11.6. The predicted octanol–water partition coefficient (Wildman–Crippen LogP) is 4.00. The smallest absolute Gasteiger partial charge is 0.177 e. The molecule has 0 bridgehead atoms. The Labute approximate surface area is 111 Å². The summed E-state index contributed by atoms with van der Waals surface area (Å²) in [6.45, 7) is 4.31. The van der Waals surface area contributed by atoms with Gasteiger partial charge in [-0.05, 0) is 31.4 Å². The Morgan fingerprint density at radius 3 is 2.82 bits per heavy atom. The molecule has 0 aliphatic rings. The van der Waals surface area contributed by atoms with E-state index in [0.29, 0.717) is 23.2 Å². The summed E-state index contributed by atoms with van der Waals surface area (Å²) >= 11 is 3.17. The van der Waals surface area contributed by atoms with Crippen LogP contribution >= 0.6 is 15.9 Å². The zero-order chi connectivity index (χ0) is 12.5. The molecule has 0 atom stereocenters. The molecule has 3 heteroatoms. The molecule has 0 saturated heterocycles. The molecule has 2 nitrogen and oxygen atoms in total. The molecule has 0 N–H and O–H groups in total. The van der Waals surface area contributed by atoms with E-state index in [9.17, 15) is 4.79 Å². The second-order valence-corrected chi connectivity index (χ2v) is 4.25. The lowest BCUT2D eigenvalue weighted by atomic mass is 10.1. The van der Waals surface area contributed by atoms with Gasteiger partial charge in [-0.25, -0.2) is 0 Å². The summed E-state index contributed by atoms with van der Waals surface area (Å²) in [5, 5.41) is 0.323. The molecule has 1 aromatic carbocycles. The molecule has 1 aromatic rings. The van der Waals surface area contributed by atoms with Crippen molar-refractivity contribution >= 4 is 21.7 Å². The lowest BCUT2D eigenvalue weighted by molar-refractivity contribution is 0.102. The topological polar surface area (TPSA) is 26.3 Å². The molecule has 0 saturated carbocycles. The van der Waals surface area contributed by atoms with Crippen molar-refractivity contribution in [3.63, 3.8) is 0 Å². The van der Waals surface area contributed by atoms with Gasteiger partial charge in [-0.2, -0.15) is 0 Å². The first-order valence-electron chi connectivity index (χ1n) is 5.71. The van der Waals surface area contributed by atoms with Crippen LogP contribution in [0.15, 0.2) is 36.9 Å². The first kappa shape index (κ1) is 14.0. The molecule has 0 aromatic heterocycles. The summed E-state index contributed by atoms with van der Waals surface area (Å²) in [5.74, 6) is 0.724. The molecule has 0 fully saturated rings. The minimum atomic E-state index is 0.0479. The fraction of sp³-hybridized carbons (Fsp3) is 0.357. The highest BCUT2D eigenvalue weighted by Gasteiger charge is 2.09. The van der Waals surface area contributed by atoms with E-state index in [-0.39, 0.29) is 5.78 Å². The number of carbonyl (C=O) groups excluding carboxylic acids is 1. The van der Waals surface area contributed by atoms with Crippen LogP contribution in [-0.4, -0.2) is 17.7 Å². The van der Waals surface area contributed by atoms with Gasteiger partial charge in [0, 0.05) is 0 Å². The Kier molecular flexibility index (Phi) is 6.63. The number of unbranched alkanes of at least 4 members (excludes halogenated alkanes) is 2. The second-order valence-electron chi connectivity index (χ2n) is 3.69. The highest BCUT2D eigenvalue weighted by Crippen LogP contribution is 2.19. The van der Waals surface area contributed by atoms with Gasteiger partial charge in [-0.15, -0.1) is 6.58 Å². The predicted molar refractivity (Wildman–Crippen MR) is 74.1 cm³/mol. The second kappa shape index (κ2) is 8.07. The molecule has 0 radical (unpaired) electrons. The van der Waals surface area contributed by atoms with Gasteiger partial charge in [-0.1, -0.05) is 34.1 Å². The summed E-state index contributed by atoms with van der Waals surface area (Å²) in [6.07, 6.45) is 4.95. The minimum absolute atomic E-state index is 0.0479. The molecule has 0 unspecified atom stereocenters. The van der Waals surface area contributed by atoms with Gasteiger partial charge >= 0.3 is 0 Å². The first-order chi connectivity index (χ1) is 8.29. The average Bonchev–Trinajstić information content (AvgIpc) is 2.38. The van der Waals surface area contributed by atoms with Crippen molar-refractivity contribution in [3.05, 3.63) is 42.5 Å². The van der Waals surface area contributed by atoms with Crippen LogP contribution in [0.3, 0.4) is 0 Å². The van der Waals surface area contributed by atoms with E-state index >= 15 is 0 Å². The summed E-state index contributed by atoms with van der Waals surface area (Å²) < 4.78 is 5.63. The molecular weight excluding hydrogens is 280 g/mol. The Morgan fingerprint density at radius 2 is 2.12 bits per heavy atom. The SMILES string of the molecule is C=CCCCCOc1ccccc1C(=O)CBr. The number of Topliss-reactive ketones (excluding diaryl/α,β-unsaturated/α-hetero) is 1. The number of rotatable bonds is 8. The van der Waals surface area contributed by atoms with Crippen molar-refractivity contribution in [2.45, 2.75) is 19.3 Å². The third kappa shape index (κ3) is 4.73. The Hall–Kier alpha value is -1.09. The summed E-state index contributed by atoms with van der Waals surface area (Å²) in [5.41, 5.74) is 0.646. The molecular formula is C14H17BrO2. The van der Waals surface area contributed by atoms with Crippen molar-refractivity contribution in [2.24, 2.45) is 0 Å². The number of allylic oxidation sites excluding steroid dienone is 1. The largest absolute Gasteiger partial charge is 0.493 e. The van der Waals surface area contributed by atoms with E-state index in [4.69, 9.17) is 4.74 Å². The number of halogens is 1. The zero-order valence-corrected chi connectivity index (χ0v) is 11.4. The van der Waals surface area contributed by atoms with Gasteiger partial charge in [-0.3, -0.25) is 4.79 Å². The molecule has 0 amide bonds. The fourth-order valence-corrected chi connectivity index (χ4v) is 1.77. The molecule has 0 aliphatic heterocycles. The molecule has 0 spiro atoms. The van der Waals surface area contributed by atoms with E-state index < -0.39 is 0 Å². The van der Waals surface area contributed by atoms with Crippen molar-refractivity contribution in [3.8, 4) is 5.75 Å². The number of para-hydroxylation sites is 1. The van der Waals surface area contributed by atoms with Crippen LogP contribution in [0.2, 0.25) is 0 Å². The lowest BCUT2D eigenvalue weighted by Crippen LogP contribution is -2.05. The number of ether oxygens (including phenoxy) is 1. The summed E-state index contributed by atoms with van der Waals surface area (Å²) in [7, 11) is 0. The molecule has 17 heavy (non-hydrogen) atoms. The minimum Gasteiger partial charge on any atom is -0.493 e. The van der Waals surface area contributed by atoms with E-state index in [1.165, 1.54) is 0 Å². The number of hydrogen-bond donors (Lipinski definition) is 0. The van der Waals surface area contributed by atoms with E-state index in [1.54, 1.807) is 6.07 Å². The van der Waals surface area contributed by atoms with E-state index in [1.807, 2.05) is 24.3 Å². The standard InChI is InChI=1S/C14H17BrO2/c1-2-3-4-7-10-17-14-9-6-5-8-12(14)13(16)11-15/h2,5-6,8-9H,1,3-4,7,10-11H2. The van der Waals surface area contributed by atoms with Gasteiger partial charge in [0.15, 0.2) is 5.78 Å². The van der Waals surface area contributed by atoms with Crippen molar-refractivity contribution in [1.82, 2.24) is 0 Å². The number of benzene rings is 1. The third-order valence-electron chi connectivity index (χ3n) is 2.37. The normalized spacial score (nSPS) is 9.94. The van der Waals surface area contributed by atoms with Crippen molar-refractivity contribution < 1.29 is 9.53 Å². The summed E-state index contributed by atoms with van der Waals surface area (Å²) in [6, 6.07) is 7.36. The van der Waals surface area contributed by atoms with Gasteiger partial charge in [0.2, 0.25) is 0 Å². The van der Waals surface area contributed by atoms with Crippen LogP contribution in [0.5, 0.6) is 5.75 Å². The Balaban J connectivity index is 2.52. The van der Waals surface area contributed by atoms with Gasteiger partial charge in [0.1, 0.15) is 5.75 Å². The highest BCUT2D eigenvalue weighted by molar-refractivity contribution is 9.09. The van der Waals surface area contributed by atoms with E-state index in [2.05, 4.69) is 22.5 Å². The summed E-state index contributed by atoms with van der Waals surface area (Å²) in [4.78, 5) is 11.6. The van der Waals surface area contributed by atoms with Crippen molar-refractivity contribution in [1.29, 1.82) is 0 Å². The Bertz CT molecular complexity index is 374. The van der Waals surface area contributed by atoms with Crippen molar-refractivity contribution in [2.75, 3.05) is 11.9 Å². The molecule has 0 aliphatic carbocycles. The van der Waals surface area contributed by atoms with Gasteiger partial charge in [0.25, 0.3) is 0 Å². The number of carbonyl (C=O) groups is 1. The van der Waals surface area contributed by atoms with E-state index in [0.717, 1.165) is 19.3 Å². The number of ketones is 1. The zero-order valence-electron chi connectivity index (χ0n) is 9.82. The van der Waals surface area contributed by atoms with Crippen LogP contribution < -0.4 is 4.74 Å². The van der Waals surface area contributed by atoms with Crippen LogP contribution in [0.1, 0.15) is 29.6 Å². The molecule has 0 heterocycles. The molecule has 1 rings (SSSR count). The van der Waals surface area contributed by atoms with Gasteiger partial charge < -0.3 is 4.74 Å². The maximum Gasteiger partial charge on any atom is 0.177 e.